The highest BCUT2D eigenvalue weighted by atomic mass is 19.1. The number of hydrogen-bond donors (Lipinski definition) is 0. The van der Waals surface area contributed by atoms with E-state index in [1.54, 1.807) is 30.3 Å². The van der Waals surface area contributed by atoms with Crippen molar-refractivity contribution in [2.45, 2.75) is 0 Å². The van der Waals surface area contributed by atoms with Crippen molar-refractivity contribution in [1.29, 1.82) is 0 Å². The molecule has 1 aromatic heterocycles. The molecule has 0 aliphatic carbocycles. The summed E-state index contributed by atoms with van der Waals surface area (Å²) >= 11 is 0. The second-order valence-corrected chi connectivity index (χ2v) is 5.89. The van der Waals surface area contributed by atoms with Crippen LogP contribution in [0.2, 0.25) is 0 Å². The molecule has 0 aliphatic heterocycles. The Balaban J connectivity index is 1.79. The van der Waals surface area contributed by atoms with Crippen LogP contribution in [0.15, 0.2) is 83.3 Å². The zero-order chi connectivity index (χ0) is 18.6. The van der Waals surface area contributed by atoms with Gasteiger partial charge in [0.2, 0.25) is 11.8 Å². The quantitative estimate of drug-likeness (QED) is 0.445. The minimum Gasteiger partial charge on any atom is -0.416 e. The molecule has 5 heteroatoms. The Labute approximate surface area is 154 Å². The van der Waals surface area contributed by atoms with Gasteiger partial charge in [-0.25, -0.2) is 8.78 Å². The Hall–Kier alpha value is -3.60. The van der Waals surface area contributed by atoms with E-state index in [0.29, 0.717) is 22.9 Å². The number of rotatable bonds is 4. The van der Waals surface area contributed by atoms with Crippen molar-refractivity contribution in [2.75, 3.05) is 0 Å². The van der Waals surface area contributed by atoms with Crippen LogP contribution in [0.5, 0.6) is 0 Å². The van der Waals surface area contributed by atoms with Crippen molar-refractivity contribution in [3.63, 3.8) is 0 Å². The average Bonchev–Trinajstić information content (AvgIpc) is 3.19. The lowest BCUT2D eigenvalue weighted by Crippen LogP contribution is -1.90. The van der Waals surface area contributed by atoms with E-state index < -0.39 is 0 Å². The van der Waals surface area contributed by atoms with Gasteiger partial charge in [-0.15, -0.1) is 10.2 Å². The molecular formula is C22H14F2N2O. The van der Waals surface area contributed by atoms with Gasteiger partial charge in [0, 0.05) is 11.1 Å². The highest BCUT2D eigenvalue weighted by Gasteiger charge is 2.15. The van der Waals surface area contributed by atoms with E-state index in [1.807, 2.05) is 30.3 Å². The molecule has 0 unspecified atom stereocenters. The molecule has 0 atom stereocenters. The van der Waals surface area contributed by atoms with Gasteiger partial charge in [0.05, 0.1) is 0 Å². The topological polar surface area (TPSA) is 38.9 Å². The molecule has 132 valence electrons. The summed E-state index contributed by atoms with van der Waals surface area (Å²) in [6, 6.07) is 21.5. The first-order valence-electron chi connectivity index (χ1n) is 8.31. The van der Waals surface area contributed by atoms with Gasteiger partial charge in [0.15, 0.2) is 0 Å². The van der Waals surface area contributed by atoms with Crippen molar-refractivity contribution in [3.05, 3.63) is 108 Å². The Kier molecular flexibility index (Phi) is 4.58. The summed E-state index contributed by atoms with van der Waals surface area (Å²) in [5.41, 5.74) is 2.90. The maximum Gasteiger partial charge on any atom is 0.248 e. The predicted octanol–water partition coefficient (Wildman–Crippen LogP) is 5.60. The van der Waals surface area contributed by atoms with Crippen molar-refractivity contribution < 1.29 is 13.2 Å². The maximum atomic E-state index is 13.3. The number of aromatic nitrogens is 2. The van der Waals surface area contributed by atoms with Crippen LogP contribution < -0.4 is 0 Å². The SMILES string of the molecule is Fc1ccc(/C=C(\c2ccc(F)cc2)c2nnc(-c3ccccc3)o2)cc1. The molecule has 0 saturated carbocycles. The fourth-order valence-corrected chi connectivity index (χ4v) is 2.65. The van der Waals surface area contributed by atoms with Crippen LogP contribution in [0.25, 0.3) is 23.1 Å². The Morgan fingerprint density at radius 1 is 0.741 bits per heavy atom. The number of halogens is 2. The lowest BCUT2D eigenvalue weighted by molar-refractivity contribution is 0.554. The Morgan fingerprint density at radius 3 is 2.04 bits per heavy atom. The number of hydrogen-bond acceptors (Lipinski definition) is 3. The summed E-state index contributed by atoms with van der Waals surface area (Å²) in [7, 11) is 0. The largest absolute Gasteiger partial charge is 0.416 e. The Morgan fingerprint density at radius 2 is 1.37 bits per heavy atom. The molecule has 0 amide bonds. The van der Waals surface area contributed by atoms with Gasteiger partial charge >= 0.3 is 0 Å². The Bertz CT molecular complexity index is 1070. The molecule has 0 radical (unpaired) electrons. The minimum atomic E-state index is -0.338. The molecule has 3 nitrogen and oxygen atoms in total. The predicted molar refractivity (Wildman–Crippen MR) is 99.5 cm³/mol. The summed E-state index contributed by atoms with van der Waals surface area (Å²) in [6.45, 7) is 0. The highest BCUT2D eigenvalue weighted by molar-refractivity contribution is 5.88. The molecular weight excluding hydrogens is 346 g/mol. The monoisotopic (exact) mass is 360 g/mol. The van der Waals surface area contributed by atoms with E-state index in [1.165, 1.54) is 24.3 Å². The van der Waals surface area contributed by atoms with Gasteiger partial charge in [-0.05, 0) is 53.6 Å². The summed E-state index contributed by atoms with van der Waals surface area (Å²) in [6.07, 6.45) is 1.80. The van der Waals surface area contributed by atoms with Gasteiger partial charge in [-0.2, -0.15) is 0 Å². The molecule has 4 aromatic rings. The second-order valence-electron chi connectivity index (χ2n) is 5.89. The third-order valence-electron chi connectivity index (χ3n) is 4.01. The summed E-state index contributed by atoms with van der Waals surface area (Å²) < 4.78 is 32.4. The lowest BCUT2D eigenvalue weighted by Gasteiger charge is -2.04. The van der Waals surface area contributed by atoms with E-state index in [-0.39, 0.29) is 11.6 Å². The molecule has 0 fully saturated rings. The third-order valence-corrected chi connectivity index (χ3v) is 4.01. The molecule has 0 spiro atoms. The summed E-state index contributed by atoms with van der Waals surface area (Å²) in [5.74, 6) is 0.0255. The second kappa shape index (κ2) is 7.33. The minimum absolute atomic E-state index is 0.296. The zero-order valence-corrected chi connectivity index (χ0v) is 14.1. The molecule has 3 aromatic carbocycles. The third kappa shape index (κ3) is 3.82. The first-order chi connectivity index (χ1) is 13.2. The van der Waals surface area contributed by atoms with Crippen LogP contribution >= 0.6 is 0 Å². The number of nitrogens with zero attached hydrogens (tertiary/aromatic N) is 2. The van der Waals surface area contributed by atoms with Crippen molar-refractivity contribution in [3.8, 4) is 11.5 Å². The van der Waals surface area contributed by atoms with Crippen LogP contribution in [0.1, 0.15) is 17.0 Å². The van der Waals surface area contributed by atoms with Crippen LogP contribution in [0, 0.1) is 11.6 Å². The van der Waals surface area contributed by atoms with E-state index in [9.17, 15) is 8.78 Å². The van der Waals surface area contributed by atoms with Crippen molar-refractivity contribution in [1.82, 2.24) is 10.2 Å². The smallest absolute Gasteiger partial charge is 0.248 e. The van der Waals surface area contributed by atoms with Gasteiger partial charge in [0.1, 0.15) is 11.6 Å². The van der Waals surface area contributed by atoms with E-state index in [4.69, 9.17) is 4.42 Å². The summed E-state index contributed by atoms with van der Waals surface area (Å²) in [5, 5.41) is 8.27. The molecule has 0 saturated heterocycles. The first-order valence-corrected chi connectivity index (χ1v) is 8.31. The van der Waals surface area contributed by atoms with E-state index in [0.717, 1.165) is 11.1 Å². The molecule has 0 aliphatic rings. The lowest BCUT2D eigenvalue weighted by atomic mass is 10.0. The van der Waals surface area contributed by atoms with Gasteiger partial charge in [-0.3, -0.25) is 0 Å². The van der Waals surface area contributed by atoms with Crippen LogP contribution in [0.4, 0.5) is 8.78 Å². The zero-order valence-electron chi connectivity index (χ0n) is 14.1. The fraction of sp³-hybridized carbons (Fsp3) is 0. The molecule has 1 heterocycles. The fourth-order valence-electron chi connectivity index (χ4n) is 2.65. The van der Waals surface area contributed by atoms with Gasteiger partial charge < -0.3 is 4.42 Å². The molecule has 0 N–H and O–H groups in total. The summed E-state index contributed by atoms with van der Waals surface area (Å²) in [4.78, 5) is 0. The highest BCUT2D eigenvalue weighted by Crippen LogP contribution is 2.28. The van der Waals surface area contributed by atoms with Crippen molar-refractivity contribution in [2.24, 2.45) is 0 Å². The van der Waals surface area contributed by atoms with Crippen molar-refractivity contribution >= 4 is 11.6 Å². The first kappa shape index (κ1) is 16.8. The molecule has 0 bridgehead atoms. The van der Waals surface area contributed by atoms with E-state index >= 15 is 0 Å². The van der Waals surface area contributed by atoms with Crippen LogP contribution in [-0.4, -0.2) is 10.2 Å². The number of benzene rings is 3. The molecule has 27 heavy (non-hydrogen) atoms. The van der Waals surface area contributed by atoms with Gasteiger partial charge in [0.25, 0.3) is 0 Å². The van der Waals surface area contributed by atoms with Crippen LogP contribution in [0.3, 0.4) is 0 Å². The van der Waals surface area contributed by atoms with E-state index in [2.05, 4.69) is 10.2 Å². The van der Waals surface area contributed by atoms with Crippen LogP contribution in [-0.2, 0) is 0 Å². The standard InChI is InChI=1S/C22H14F2N2O/c23-18-10-6-15(7-11-18)14-20(16-8-12-19(24)13-9-16)22-26-25-21(27-22)17-4-2-1-3-5-17/h1-14H/b20-14+. The average molecular weight is 360 g/mol. The maximum absolute atomic E-state index is 13.3. The van der Waals surface area contributed by atoms with Gasteiger partial charge in [-0.1, -0.05) is 42.5 Å². The molecule has 4 rings (SSSR count). The normalized spacial score (nSPS) is 11.6.